The molecule has 1 N–H and O–H groups in total. The number of hydrogen-bond acceptors (Lipinski definition) is 3. The molecule has 2 amide bonds. The number of benzene rings is 3. The Hall–Kier alpha value is -2.47. The number of carbonyl (C=O) groups excluding carboxylic acids is 2. The van der Waals surface area contributed by atoms with Gasteiger partial charge in [-0.15, -0.1) is 11.8 Å². The van der Waals surface area contributed by atoms with Gasteiger partial charge in [0.2, 0.25) is 11.8 Å². The highest BCUT2D eigenvalue weighted by Crippen LogP contribution is 2.23. The van der Waals surface area contributed by atoms with Crippen molar-refractivity contribution >= 4 is 46.8 Å². The van der Waals surface area contributed by atoms with E-state index in [1.165, 1.54) is 11.8 Å². The van der Waals surface area contributed by atoms with E-state index in [1.807, 2.05) is 67.6 Å². The van der Waals surface area contributed by atoms with Gasteiger partial charge in [0.05, 0.1) is 5.75 Å². The third-order valence-corrected chi connectivity index (χ3v) is 6.52. The number of amides is 2. The third-order valence-electron chi connectivity index (χ3n) is 5.04. The monoisotopic (exact) mass is 500 g/mol. The van der Waals surface area contributed by atoms with E-state index in [-0.39, 0.29) is 24.1 Å². The van der Waals surface area contributed by atoms with Gasteiger partial charge in [-0.3, -0.25) is 9.59 Å². The summed E-state index contributed by atoms with van der Waals surface area (Å²) in [6.45, 7) is 2.65. The summed E-state index contributed by atoms with van der Waals surface area (Å²) >= 11 is 13.6. The standard InChI is InChI=1S/C26H26Cl2N2O2S/c1-2-29-26(32)24(16-19-7-4-3-5-8-19)30(17-20-9-6-10-22(28)15-20)25(31)18-33-23-13-11-21(27)12-14-23/h3-15,24H,2,16-18H2,1H3,(H,29,32)/t24-/m1/s1. The van der Waals surface area contributed by atoms with Crippen molar-refractivity contribution in [2.45, 2.75) is 30.8 Å². The number of nitrogens with one attached hydrogen (secondary N) is 1. The molecule has 33 heavy (non-hydrogen) atoms. The Labute approximate surface area is 209 Å². The van der Waals surface area contributed by atoms with Gasteiger partial charge in [0.1, 0.15) is 6.04 Å². The van der Waals surface area contributed by atoms with Crippen LogP contribution in [0.1, 0.15) is 18.1 Å². The number of nitrogens with zero attached hydrogens (tertiary/aromatic N) is 1. The Morgan fingerprint density at radius 2 is 1.61 bits per heavy atom. The average molecular weight is 501 g/mol. The summed E-state index contributed by atoms with van der Waals surface area (Å²) in [6.07, 6.45) is 0.421. The molecule has 3 rings (SSSR count). The largest absolute Gasteiger partial charge is 0.355 e. The molecule has 172 valence electrons. The first-order valence-corrected chi connectivity index (χ1v) is 12.4. The van der Waals surface area contributed by atoms with E-state index in [4.69, 9.17) is 23.2 Å². The van der Waals surface area contributed by atoms with Crippen LogP contribution in [0.25, 0.3) is 0 Å². The molecule has 0 spiro atoms. The summed E-state index contributed by atoms with van der Waals surface area (Å²) in [5.41, 5.74) is 1.86. The molecule has 0 saturated heterocycles. The Kier molecular flexibility index (Phi) is 9.67. The first-order chi connectivity index (χ1) is 16.0. The molecule has 0 bridgehead atoms. The molecule has 0 radical (unpaired) electrons. The quantitative estimate of drug-likeness (QED) is 0.354. The maximum absolute atomic E-state index is 13.5. The summed E-state index contributed by atoms with van der Waals surface area (Å²) in [6, 6.07) is 23.8. The van der Waals surface area contributed by atoms with E-state index in [0.717, 1.165) is 16.0 Å². The Balaban J connectivity index is 1.88. The normalized spacial score (nSPS) is 11.6. The number of halogens is 2. The zero-order valence-corrected chi connectivity index (χ0v) is 20.7. The van der Waals surface area contributed by atoms with Gasteiger partial charge in [-0.2, -0.15) is 0 Å². The van der Waals surface area contributed by atoms with Crippen LogP contribution in [0.3, 0.4) is 0 Å². The van der Waals surface area contributed by atoms with Gasteiger partial charge in [0.25, 0.3) is 0 Å². The number of hydrogen-bond donors (Lipinski definition) is 1. The van der Waals surface area contributed by atoms with Crippen LogP contribution in [-0.2, 0) is 22.6 Å². The molecule has 1 atom stereocenters. The van der Waals surface area contributed by atoms with Gasteiger partial charge in [0.15, 0.2) is 0 Å². The molecule has 0 saturated carbocycles. The van der Waals surface area contributed by atoms with E-state index in [1.54, 1.807) is 23.1 Å². The van der Waals surface area contributed by atoms with E-state index >= 15 is 0 Å². The van der Waals surface area contributed by atoms with Crippen LogP contribution in [0.5, 0.6) is 0 Å². The highest BCUT2D eigenvalue weighted by Gasteiger charge is 2.30. The van der Waals surface area contributed by atoms with Crippen LogP contribution < -0.4 is 5.32 Å². The van der Waals surface area contributed by atoms with Crippen molar-refractivity contribution in [3.8, 4) is 0 Å². The summed E-state index contributed by atoms with van der Waals surface area (Å²) < 4.78 is 0. The second-order valence-corrected chi connectivity index (χ2v) is 9.42. The highest BCUT2D eigenvalue weighted by atomic mass is 35.5. The number of carbonyl (C=O) groups is 2. The lowest BCUT2D eigenvalue weighted by Crippen LogP contribution is -2.51. The second kappa shape index (κ2) is 12.7. The lowest BCUT2D eigenvalue weighted by atomic mass is 10.0. The predicted octanol–water partition coefficient (Wildman–Crippen LogP) is 5.86. The van der Waals surface area contributed by atoms with Crippen LogP contribution in [0.15, 0.2) is 83.8 Å². The van der Waals surface area contributed by atoms with Gasteiger partial charge in [-0.1, -0.05) is 65.7 Å². The molecule has 3 aromatic carbocycles. The zero-order chi connectivity index (χ0) is 23.6. The maximum atomic E-state index is 13.5. The fourth-order valence-electron chi connectivity index (χ4n) is 3.44. The van der Waals surface area contributed by atoms with Crippen molar-refractivity contribution in [3.05, 3.63) is 100 Å². The van der Waals surface area contributed by atoms with Gasteiger partial charge in [-0.25, -0.2) is 0 Å². The van der Waals surface area contributed by atoms with Gasteiger partial charge in [-0.05, 0) is 54.4 Å². The van der Waals surface area contributed by atoms with Crippen molar-refractivity contribution in [1.29, 1.82) is 0 Å². The molecule has 0 aromatic heterocycles. The molecule has 4 nitrogen and oxygen atoms in total. The topological polar surface area (TPSA) is 49.4 Å². The van der Waals surface area contributed by atoms with E-state index in [2.05, 4.69) is 5.32 Å². The fraction of sp³-hybridized carbons (Fsp3) is 0.231. The van der Waals surface area contributed by atoms with Crippen LogP contribution in [0.2, 0.25) is 10.0 Å². The van der Waals surface area contributed by atoms with E-state index < -0.39 is 6.04 Å². The summed E-state index contributed by atoms with van der Waals surface area (Å²) in [4.78, 5) is 29.2. The van der Waals surface area contributed by atoms with Gasteiger partial charge in [0, 0.05) is 34.5 Å². The minimum absolute atomic E-state index is 0.123. The third kappa shape index (κ3) is 7.81. The van der Waals surface area contributed by atoms with Crippen molar-refractivity contribution in [2.75, 3.05) is 12.3 Å². The lowest BCUT2D eigenvalue weighted by Gasteiger charge is -2.31. The molecule has 7 heteroatoms. The Morgan fingerprint density at radius 1 is 0.909 bits per heavy atom. The van der Waals surface area contributed by atoms with Crippen molar-refractivity contribution < 1.29 is 9.59 Å². The smallest absolute Gasteiger partial charge is 0.243 e. The summed E-state index contributed by atoms with van der Waals surface area (Å²) in [5.74, 6) is -0.0947. The predicted molar refractivity (Wildman–Crippen MR) is 137 cm³/mol. The van der Waals surface area contributed by atoms with Crippen LogP contribution in [-0.4, -0.2) is 35.1 Å². The Bertz CT molecular complexity index is 1060. The van der Waals surface area contributed by atoms with Crippen LogP contribution >= 0.6 is 35.0 Å². The molecule has 0 fully saturated rings. The summed E-state index contributed by atoms with van der Waals surface area (Å²) in [5, 5.41) is 4.13. The lowest BCUT2D eigenvalue weighted by molar-refractivity contribution is -0.139. The van der Waals surface area contributed by atoms with Gasteiger partial charge >= 0.3 is 0 Å². The first-order valence-electron chi connectivity index (χ1n) is 10.7. The fourth-order valence-corrected chi connectivity index (χ4v) is 4.56. The molecule has 3 aromatic rings. The molecule has 0 unspecified atom stereocenters. The molecule has 0 aliphatic rings. The minimum Gasteiger partial charge on any atom is -0.355 e. The molecular formula is C26H26Cl2N2O2S. The number of rotatable bonds is 10. The maximum Gasteiger partial charge on any atom is 0.243 e. The zero-order valence-electron chi connectivity index (χ0n) is 18.3. The minimum atomic E-state index is -0.648. The van der Waals surface area contributed by atoms with Gasteiger partial charge < -0.3 is 10.2 Å². The van der Waals surface area contributed by atoms with Crippen molar-refractivity contribution in [2.24, 2.45) is 0 Å². The summed E-state index contributed by atoms with van der Waals surface area (Å²) in [7, 11) is 0. The highest BCUT2D eigenvalue weighted by molar-refractivity contribution is 8.00. The molecule has 0 heterocycles. The van der Waals surface area contributed by atoms with E-state index in [9.17, 15) is 9.59 Å². The van der Waals surface area contributed by atoms with Crippen molar-refractivity contribution in [3.63, 3.8) is 0 Å². The molecule has 0 aliphatic carbocycles. The van der Waals surface area contributed by atoms with Crippen LogP contribution in [0.4, 0.5) is 0 Å². The second-order valence-electron chi connectivity index (χ2n) is 7.49. The molecular weight excluding hydrogens is 475 g/mol. The SMILES string of the molecule is CCNC(=O)[C@@H](Cc1ccccc1)N(Cc1cccc(Cl)c1)C(=O)CSc1ccc(Cl)cc1. The average Bonchev–Trinajstić information content (AvgIpc) is 2.81. The Morgan fingerprint density at radius 3 is 2.27 bits per heavy atom. The first kappa shape index (κ1) is 25.2. The van der Waals surface area contributed by atoms with Crippen LogP contribution in [0, 0.1) is 0 Å². The molecule has 0 aliphatic heterocycles. The van der Waals surface area contributed by atoms with Crippen molar-refractivity contribution in [1.82, 2.24) is 10.2 Å². The van der Waals surface area contributed by atoms with E-state index in [0.29, 0.717) is 23.0 Å². The number of likely N-dealkylation sites (N-methyl/N-ethyl adjacent to an activating group) is 1. The number of thioether (sulfide) groups is 1.